The Morgan fingerprint density at radius 1 is 0.857 bits per heavy atom. The van der Waals surface area contributed by atoms with Crippen LogP contribution >= 0.6 is 11.6 Å². The van der Waals surface area contributed by atoms with E-state index in [2.05, 4.69) is 5.32 Å². The number of halogens is 1. The van der Waals surface area contributed by atoms with Gasteiger partial charge in [0.1, 0.15) is 18.3 Å². The molecule has 2 amide bonds. The number of carbonyl (C=O) groups is 2. The highest BCUT2D eigenvalue weighted by molar-refractivity contribution is 7.92. The lowest BCUT2D eigenvalue weighted by Crippen LogP contribution is -2.55. The fourth-order valence-electron chi connectivity index (χ4n) is 6.18. The van der Waals surface area contributed by atoms with E-state index >= 15 is 0 Å². The molecule has 49 heavy (non-hydrogen) atoms. The van der Waals surface area contributed by atoms with Crippen molar-refractivity contribution in [2.45, 2.75) is 75.9 Å². The van der Waals surface area contributed by atoms with Crippen LogP contribution in [0.2, 0.25) is 5.02 Å². The third-order valence-corrected chi connectivity index (χ3v) is 10.8. The number of hydrogen-bond acceptors (Lipinski definition) is 5. The third-order valence-electron chi connectivity index (χ3n) is 8.81. The molecule has 4 aromatic rings. The van der Waals surface area contributed by atoms with Crippen LogP contribution in [0, 0.1) is 6.92 Å². The molecule has 5 rings (SSSR count). The van der Waals surface area contributed by atoms with Crippen molar-refractivity contribution >= 4 is 39.1 Å². The van der Waals surface area contributed by atoms with Gasteiger partial charge in [-0.3, -0.25) is 13.9 Å². The van der Waals surface area contributed by atoms with E-state index in [4.69, 9.17) is 16.3 Å². The molecule has 1 aliphatic rings. The molecule has 1 saturated carbocycles. The maximum atomic E-state index is 14.8. The quantitative estimate of drug-likeness (QED) is 0.149. The molecular weight excluding hydrogens is 658 g/mol. The van der Waals surface area contributed by atoms with E-state index < -0.39 is 28.5 Å². The molecule has 0 bridgehead atoms. The molecule has 1 fully saturated rings. The van der Waals surface area contributed by atoms with Crippen molar-refractivity contribution in [3.63, 3.8) is 0 Å². The second-order valence-corrected chi connectivity index (χ2v) is 14.7. The van der Waals surface area contributed by atoms with Crippen molar-refractivity contribution in [3.05, 3.63) is 125 Å². The summed E-state index contributed by atoms with van der Waals surface area (Å²) in [6.45, 7) is 3.62. The standard InChI is InChI=1S/C39H44ClN3O5S/c1-3-48-37-17-11-10-16-35(37)43(49(46,47)34-24-22-32(40)23-25-34)28-38(44)42(27-31-20-18-29(2)19-21-31)36(26-30-12-6-4-7-13-30)39(45)41-33-14-8-5-9-15-33/h4,6-7,10-13,16-25,33,36H,3,5,8-9,14-15,26-28H2,1-2H3,(H,41,45)/t36-/m0/s1. The Hall–Kier alpha value is -4.34. The highest BCUT2D eigenvalue weighted by Crippen LogP contribution is 2.33. The van der Waals surface area contributed by atoms with Crippen LogP contribution in [0.3, 0.4) is 0 Å². The van der Waals surface area contributed by atoms with Crippen molar-refractivity contribution in [1.82, 2.24) is 10.2 Å². The summed E-state index contributed by atoms with van der Waals surface area (Å²) in [4.78, 5) is 30.6. The number of amides is 2. The summed E-state index contributed by atoms with van der Waals surface area (Å²) < 4.78 is 35.7. The van der Waals surface area contributed by atoms with Gasteiger partial charge in [0.25, 0.3) is 10.0 Å². The van der Waals surface area contributed by atoms with Gasteiger partial charge in [-0.15, -0.1) is 0 Å². The molecule has 1 aliphatic carbocycles. The summed E-state index contributed by atoms with van der Waals surface area (Å²) in [5.41, 5.74) is 2.99. The van der Waals surface area contributed by atoms with Crippen molar-refractivity contribution in [2.75, 3.05) is 17.5 Å². The number of aryl methyl sites for hydroxylation is 1. The molecule has 10 heteroatoms. The Balaban J connectivity index is 1.59. The topological polar surface area (TPSA) is 96.0 Å². The predicted octanol–water partition coefficient (Wildman–Crippen LogP) is 7.33. The molecule has 0 saturated heterocycles. The number of para-hydroxylation sites is 2. The van der Waals surface area contributed by atoms with Gasteiger partial charge < -0.3 is 15.0 Å². The minimum absolute atomic E-state index is 0.0238. The van der Waals surface area contributed by atoms with Gasteiger partial charge >= 0.3 is 0 Å². The molecule has 8 nitrogen and oxygen atoms in total. The van der Waals surface area contributed by atoms with Crippen LogP contribution in [0.25, 0.3) is 0 Å². The molecular formula is C39H44ClN3O5S. The number of anilines is 1. The third kappa shape index (κ3) is 9.43. The number of rotatable bonds is 14. The first kappa shape index (κ1) is 36.0. The summed E-state index contributed by atoms with van der Waals surface area (Å²) in [6.07, 6.45) is 5.25. The van der Waals surface area contributed by atoms with Crippen molar-refractivity contribution in [3.8, 4) is 5.75 Å². The average Bonchev–Trinajstić information content (AvgIpc) is 3.11. The van der Waals surface area contributed by atoms with E-state index in [0.717, 1.165) is 53.1 Å². The van der Waals surface area contributed by atoms with Gasteiger partial charge in [-0.2, -0.15) is 0 Å². The maximum absolute atomic E-state index is 14.8. The van der Waals surface area contributed by atoms with E-state index in [-0.39, 0.29) is 35.5 Å². The van der Waals surface area contributed by atoms with E-state index in [1.807, 2.05) is 68.4 Å². The number of ether oxygens (including phenoxy) is 1. The van der Waals surface area contributed by atoms with Gasteiger partial charge in [-0.25, -0.2) is 8.42 Å². The highest BCUT2D eigenvalue weighted by Gasteiger charge is 2.36. The zero-order valence-electron chi connectivity index (χ0n) is 28.1. The number of benzene rings is 4. The van der Waals surface area contributed by atoms with Crippen LogP contribution in [-0.2, 0) is 32.6 Å². The number of nitrogens with one attached hydrogen (secondary N) is 1. The van der Waals surface area contributed by atoms with Crippen molar-refractivity contribution < 1.29 is 22.7 Å². The van der Waals surface area contributed by atoms with Gasteiger partial charge in [0.15, 0.2) is 0 Å². The first-order valence-corrected chi connectivity index (χ1v) is 18.7. The van der Waals surface area contributed by atoms with Crippen LogP contribution in [0.1, 0.15) is 55.7 Å². The SMILES string of the molecule is CCOc1ccccc1N(CC(=O)N(Cc1ccc(C)cc1)[C@@H](Cc1ccccc1)C(=O)NC1CCCCC1)S(=O)(=O)c1ccc(Cl)cc1. The highest BCUT2D eigenvalue weighted by atomic mass is 35.5. The van der Waals surface area contributed by atoms with Crippen molar-refractivity contribution in [1.29, 1.82) is 0 Å². The Kier molecular flexibility index (Phi) is 12.4. The Bertz CT molecular complexity index is 1790. The lowest BCUT2D eigenvalue weighted by atomic mass is 9.94. The van der Waals surface area contributed by atoms with Crippen LogP contribution in [-0.4, -0.2) is 50.4 Å². The molecule has 0 aliphatic heterocycles. The molecule has 0 radical (unpaired) electrons. The van der Waals surface area contributed by atoms with Gasteiger partial charge in [-0.1, -0.05) is 103 Å². The van der Waals surface area contributed by atoms with Crippen molar-refractivity contribution in [2.24, 2.45) is 0 Å². The molecule has 0 spiro atoms. The second-order valence-electron chi connectivity index (χ2n) is 12.4. The van der Waals surface area contributed by atoms with E-state index in [0.29, 0.717) is 17.4 Å². The van der Waals surface area contributed by atoms with Crippen LogP contribution in [0.15, 0.2) is 108 Å². The summed E-state index contributed by atoms with van der Waals surface area (Å²) in [7, 11) is -4.30. The summed E-state index contributed by atoms with van der Waals surface area (Å²) in [5, 5.41) is 3.63. The monoisotopic (exact) mass is 701 g/mol. The second kappa shape index (κ2) is 16.9. The molecule has 0 aromatic heterocycles. The minimum Gasteiger partial charge on any atom is -0.492 e. The summed E-state index contributed by atoms with van der Waals surface area (Å²) in [5.74, 6) is -0.460. The lowest BCUT2D eigenvalue weighted by Gasteiger charge is -2.35. The van der Waals surface area contributed by atoms with E-state index in [1.54, 1.807) is 24.3 Å². The minimum atomic E-state index is -4.30. The zero-order chi connectivity index (χ0) is 34.8. The number of carbonyl (C=O) groups excluding carboxylic acids is 2. The van der Waals surface area contributed by atoms with Gasteiger partial charge in [0.2, 0.25) is 11.8 Å². The molecule has 4 aromatic carbocycles. The number of nitrogens with zero attached hydrogens (tertiary/aromatic N) is 2. The first-order valence-electron chi connectivity index (χ1n) is 16.8. The molecule has 0 heterocycles. The molecule has 0 unspecified atom stereocenters. The van der Waals surface area contributed by atoms with Crippen LogP contribution in [0.5, 0.6) is 5.75 Å². The van der Waals surface area contributed by atoms with Gasteiger partial charge in [0, 0.05) is 24.0 Å². The largest absolute Gasteiger partial charge is 0.492 e. The summed E-state index contributed by atoms with van der Waals surface area (Å²) in [6, 6.07) is 29.1. The Labute approximate surface area is 295 Å². The fraction of sp³-hybridized carbons (Fsp3) is 0.333. The average molecular weight is 702 g/mol. The molecule has 258 valence electrons. The Morgan fingerprint density at radius 3 is 2.18 bits per heavy atom. The van der Waals surface area contributed by atoms with Crippen LogP contribution in [0.4, 0.5) is 5.69 Å². The molecule has 1 atom stereocenters. The van der Waals surface area contributed by atoms with Crippen LogP contribution < -0.4 is 14.4 Å². The smallest absolute Gasteiger partial charge is 0.264 e. The zero-order valence-corrected chi connectivity index (χ0v) is 29.6. The van der Waals surface area contributed by atoms with Gasteiger partial charge in [-0.05, 0) is 74.2 Å². The normalized spacial score (nSPS) is 14.1. The number of sulfonamides is 1. The summed E-state index contributed by atoms with van der Waals surface area (Å²) >= 11 is 6.11. The molecule has 1 N–H and O–H groups in total. The van der Waals surface area contributed by atoms with E-state index in [1.165, 1.54) is 29.2 Å². The predicted molar refractivity (Wildman–Crippen MR) is 194 cm³/mol. The Morgan fingerprint density at radius 2 is 1.51 bits per heavy atom. The number of hydrogen-bond donors (Lipinski definition) is 1. The van der Waals surface area contributed by atoms with Gasteiger partial charge in [0.05, 0.1) is 17.2 Å². The van der Waals surface area contributed by atoms with E-state index in [9.17, 15) is 18.0 Å². The lowest BCUT2D eigenvalue weighted by molar-refractivity contribution is -0.140. The first-order chi connectivity index (χ1) is 23.7. The maximum Gasteiger partial charge on any atom is 0.264 e. The fourth-order valence-corrected chi connectivity index (χ4v) is 7.73.